The number of nitrogens with zero attached hydrogens (tertiary/aromatic N) is 2. The first-order valence-electron chi connectivity index (χ1n) is 6.96. The number of alkyl halides is 3. The minimum absolute atomic E-state index is 0.155. The highest BCUT2D eigenvalue weighted by atomic mass is 19.4. The van der Waals surface area contributed by atoms with Gasteiger partial charge >= 0.3 is 12.2 Å². The van der Waals surface area contributed by atoms with Crippen molar-refractivity contribution in [2.45, 2.75) is 25.1 Å². The van der Waals surface area contributed by atoms with Crippen LogP contribution in [0.5, 0.6) is 0 Å². The second-order valence-corrected chi connectivity index (χ2v) is 5.27. The normalized spacial score (nSPS) is 21.0. The smallest absolute Gasteiger partial charge is 0.345 e. The van der Waals surface area contributed by atoms with Gasteiger partial charge in [0, 0.05) is 19.1 Å². The number of nitrogens with one attached hydrogen (secondary N) is 2. The third kappa shape index (κ3) is 4.48. The van der Waals surface area contributed by atoms with Gasteiger partial charge in [0.2, 0.25) is 5.91 Å². The average Bonchev–Trinajstić information content (AvgIpc) is 2.78. The van der Waals surface area contributed by atoms with Crippen LogP contribution in [0.3, 0.4) is 0 Å². The Bertz CT molecular complexity index is 396. The van der Waals surface area contributed by atoms with E-state index in [1.165, 1.54) is 4.90 Å². The first-order valence-corrected chi connectivity index (χ1v) is 6.96. The largest absolute Gasteiger partial charge is 0.405 e. The highest BCUT2D eigenvalue weighted by Crippen LogP contribution is 2.18. The molecule has 120 valence electrons. The number of hydrogen-bond donors (Lipinski definition) is 2. The molecule has 0 aromatic carbocycles. The molecular formula is C12H19F3N4O2. The van der Waals surface area contributed by atoms with Crippen molar-refractivity contribution in [1.82, 2.24) is 20.4 Å². The fourth-order valence-corrected chi connectivity index (χ4v) is 2.63. The van der Waals surface area contributed by atoms with Crippen LogP contribution < -0.4 is 10.6 Å². The van der Waals surface area contributed by atoms with E-state index in [1.54, 1.807) is 10.2 Å². The Kier molecular flexibility index (Phi) is 4.92. The van der Waals surface area contributed by atoms with Crippen LogP contribution in [0.2, 0.25) is 0 Å². The van der Waals surface area contributed by atoms with Crippen molar-refractivity contribution in [3.05, 3.63) is 0 Å². The lowest BCUT2D eigenvalue weighted by atomic mass is 10.1. The van der Waals surface area contributed by atoms with Crippen LogP contribution in [0, 0.1) is 0 Å². The summed E-state index contributed by atoms with van der Waals surface area (Å²) in [6.07, 6.45) is -2.72. The predicted octanol–water partition coefficient (Wildman–Crippen LogP) is 0.154. The van der Waals surface area contributed by atoms with Gasteiger partial charge in [-0.25, -0.2) is 4.79 Å². The summed E-state index contributed by atoms with van der Waals surface area (Å²) in [5.74, 6) is -0.784. The van der Waals surface area contributed by atoms with Crippen molar-refractivity contribution in [3.8, 4) is 0 Å². The van der Waals surface area contributed by atoms with Crippen molar-refractivity contribution in [2.75, 3.05) is 39.3 Å². The van der Waals surface area contributed by atoms with Crippen LogP contribution in [-0.2, 0) is 4.79 Å². The Morgan fingerprint density at radius 2 is 1.95 bits per heavy atom. The lowest BCUT2D eigenvalue weighted by Gasteiger charge is -2.31. The third-order valence-electron chi connectivity index (χ3n) is 3.70. The molecule has 0 saturated carbocycles. The average molecular weight is 308 g/mol. The zero-order valence-corrected chi connectivity index (χ0v) is 11.6. The number of rotatable bonds is 4. The maximum absolute atomic E-state index is 12.2. The molecule has 2 rings (SSSR count). The van der Waals surface area contributed by atoms with Gasteiger partial charge in [-0.05, 0) is 25.9 Å². The Hall–Kier alpha value is -1.51. The van der Waals surface area contributed by atoms with Gasteiger partial charge in [-0.3, -0.25) is 4.79 Å². The predicted molar refractivity (Wildman–Crippen MR) is 68.6 cm³/mol. The monoisotopic (exact) mass is 308 g/mol. The topological polar surface area (TPSA) is 64.7 Å². The second kappa shape index (κ2) is 6.50. The molecule has 21 heavy (non-hydrogen) atoms. The van der Waals surface area contributed by atoms with Crippen molar-refractivity contribution in [1.29, 1.82) is 0 Å². The van der Waals surface area contributed by atoms with Crippen molar-refractivity contribution >= 4 is 11.9 Å². The Labute approximate surface area is 120 Å². The molecule has 2 heterocycles. The quantitative estimate of drug-likeness (QED) is 0.777. The molecule has 2 N–H and O–H groups in total. The molecule has 0 atom stereocenters. The van der Waals surface area contributed by atoms with Crippen LogP contribution in [0.1, 0.15) is 12.8 Å². The molecule has 0 spiro atoms. The maximum atomic E-state index is 12.2. The number of carbonyl (C=O) groups excluding carboxylic acids is 2. The first-order chi connectivity index (χ1) is 9.87. The second-order valence-electron chi connectivity index (χ2n) is 5.27. The van der Waals surface area contributed by atoms with Gasteiger partial charge in [-0.2, -0.15) is 13.2 Å². The van der Waals surface area contributed by atoms with Crippen molar-refractivity contribution < 1.29 is 22.8 Å². The van der Waals surface area contributed by atoms with Crippen molar-refractivity contribution in [3.63, 3.8) is 0 Å². The van der Waals surface area contributed by atoms with Crippen molar-refractivity contribution in [2.24, 2.45) is 0 Å². The van der Waals surface area contributed by atoms with E-state index in [0.717, 1.165) is 25.9 Å². The van der Waals surface area contributed by atoms with Gasteiger partial charge in [-0.15, -0.1) is 0 Å². The summed E-state index contributed by atoms with van der Waals surface area (Å²) in [5.41, 5.74) is 0. The van der Waals surface area contributed by atoms with Gasteiger partial charge in [0.15, 0.2) is 0 Å². The van der Waals surface area contributed by atoms with Gasteiger partial charge < -0.3 is 20.4 Å². The summed E-state index contributed by atoms with van der Waals surface area (Å²) in [6.45, 7) is 0.904. The molecule has 2 aliphatic rings. The summed E-state index contributed by atoms with van der Waals surface area (Å²) in [4.78, 5) is 26.6. The SMILES string of the molecule is O=C(CN1CCN(C2CCNCC2)C1=O)NCC(F)(F)F. The number of carbonyl (C=O) groups is 2. The van der Waals surface area contributed by atoms with Crippen LogP contribution in [0.25, 0.3) is 0 Å². The standard InChI is InChI=1S/C12H19F3N4O2/c13-12(14,15)8-17-10(20)7-18-5-6-19(11(18)21)9-1-3-16-4-2-9/h9,16H,1-8H2,(H,17,20). The molecule has 0 aromatic rings. The van der Waals surface area contributed by atoms with E-state index in [-0.39, 0.29) is 18.6 Å². The van der Waals surface area contributed by atoms with E-state index >= 15 is 0 Å². The van der Waals surface area contributed by atoms with Crippen LogP contribution >= 0.6 is 0 Å². The molecule has 0 bridgehead atoms. The molecule has 0 unspecified atom stereocenters. The summed E-state index contributed by atoms with van der Waals surface area (Å²) < 4.78 is 36.0. The third-order valence-corrected chi connectivity index (χ3v) is 3.70. The Morgan fingerprint density at radius 1 is 1.29 bits per heavy atom. The molecule has 2 aliphatic heterocycles. The fraction of sp³-hybridized carbons (Fsp3) is 0.833. The number of halogens is 3. The van der Waals surface area contributed by atoms with E-state index in [9.17, 15) is 22.8 Å². The van der Waals surface area contributed by atoms with E-state index in [2.05, 4.69) is 5.32 Å². The highest BCUT2D eigenvalue weighted by molar-refractivity contribution is 5.85. The molecule has 2 saturated heterocycles. The minimum atomic E-state index is -4.44. The zero-order valence-electron chi connectivity index (χ0n) is 11.6. The number of amides is 3. The minimum Gasteiger partial charge on any atom is -0.345 e. The highest BCUT2D eigenvalue weighted by Gasteiger charge is 2.35. The zero-order chi connectivity index (χ0) is 15.5. The van der Waals surface area contributed by atoms with Gasteiger partial charge in [-0.1, -0.05) is 0 Å². The molecule has 2 fully saturated rings. The molecule has 0 aromatic heterocycles. The number of piperidine rings is 1. The molecule has 0 aliphatic carbocycles. The van der Waals surface area contributed by atoms with Gasteiger partial charge in [0.25, 0.3) is 0 Å². The molecular weight excluding hydrogens is 289 g/mol. The van der Waals surface area contributed by atoms with E-state index < -0.39 is 18.6 Å². The number of urea groups is 1. The van der Waals surface area contributed by atoms with E-state index in [4.69, 9.17) is 0 Å². The lowest BCUT2D eigenvalue weighted by molar-refractivity contribution is -0.138. The first kappa shape index (κ1) is 15.9. The molecule has 3 amide bonds. The summed E-state index contributed by atoms with van der Waals surface area (Å²) >= 11 is 0. The maximum Gasteiger partial charge on any atom is 0.405 e. The Balaban J connectivity index is 1.80. The van der Waals surface area contributed by atoms with Gasteiger partial charge in [0.1, 0.15) is 13.1 Å². The van der Waals surface area contributed by atoms with Crippen LogP contribution in [0.4, 0.5) is 18.0 Å². The van der Waals surface area contributed by atoms with Gasteiger partial charge in [0.05, 0.1) is 0 Å². The summed E-state index contributed by atoms with van der Waals surface area (Å²) in [5, 5.41) is 4.98. The Morgan fingerprint density at radius 3 is 2.57 bits per heavy atom. The summed E-state index contributed by atoms with van der Waals surface area (Å²) in [6, 6.07) is -0.106. The molecule has 6 nitrogen and oxygen atoms in total. The lowest BCUT2D eigenvalue weighted by Crippen LogP contribution is -2.47. The van der Waals surface area contributed by atoms with Crippen LogP contribution in [0.15, 0.2) is 0 Å². The van der Waals surface area contributed by atoms with Crippen LogP contribution in [-0.4, -0.2) is 73.2 Å². The van der Waals surface area contributed by atoms with E-state index in [0.29, 0.717) is 13.1 Å². The number of hydrogen-bond acceptors (Lipinski definition) is 3. The molecule has 0 radical (unpaired) electrons. The fourth-order valence-electron chi connectivity index (χ4n) is 2.63. The molecule has 9 heteroatoms. The van der Waals surface area contributed by atoms with E-state index in [1.807, 2.05) is 0 Å². The summed E-state index contributed by atoms with van der Waals surface area (Å²) in [7, 11) is 0.